The molecule has 0 aliphatic carbocycles. The van der Waals surface area contributed by atoms with Crippen molar-refractivity contribution in [3.63, 3.8) is 0 Å². The molecule has 0 spiro atoms. The lowest BCUT2D eigenvalue weighted by atomic mass is 10.5. The summed E-state index contributed by atoms with van der Waals surface area (Å²) in [6, 6.07) is 1.93. The third-order valence-corrected chi connectivity index (χ3v) is 4.51. The highest BCUT2D eigenvalue weighted by Gasteiger charge is 2.27. The van der Waals surface area contributed by atoms with Crippen molar-refractivity contribution < 1.29 is 8.42 Å². The van der Waals surface area contributed by atoms with E-state index in [1.54, 1.807) is 6.92 Å². The maximum absolute atomic E-state index is 12.3. The molecule has 0 atom stereocenters. The van der Waals surface area contributed by atoms with Crippen LogP contribution in [0, 0.1) is 11.3 Å². The first kappa shape index (κ1) is 14.5. The molecule has 0 radical (unpaired) electrons. The lowest BCUT2D eigenvalue weighted by Gasteiger charge is -2.18. The second-order valence-electron chi connectivity index (χ2n) is 3.64. The van der Waals surface area contributed by atoms with Gasteiger partial charge in [0.1, 0.15) is 4.90 Å². The van der Waals surface area contributed by atoms with Crippen LogP contribution in [0.2, 0.25) is 0 Å². The number of aryl methyl sites for hydroxylation is 1. The maximum atomic E-state index is 12.3. The minimum atomic E-state index is -3.67. The van der Waals surface area contributed by atoms with Crippen molar-refractivity contribution in [2.24, 2.45) is 0 Å². The topological polar surface area (TPSA) is 105 Å². The highest BCUT2D eigenvalue weighted by molar-refractivity contribution is 7.89. The van der Waals surface area contributed by atoms with Crippen LogP contribution >= 0.6 is 0 Å². The van der Waals surface area contributed by atoms with E-state index < -0.39 is 10.0 Å². The van der Waals surface area contributed by atoms with Crippen LogP contribution in [0.4, 0.5) is 5.82 Å². The van der Waals surface area contributed by atoms with Crippen molar-refractivity contribution >= 4 is 15.8 Å². The fourth-order valence-electron chi connectivity index (χ4n) is 1.54. The van der Waals surface area contributed by atoms with Gasteiger partial charge in [-0.15, -0.1) is 0 Å². The normalized spacial score (nSPS) is 11.7. The van der Waals surface area contributed by atoms with Crippen LogP contribution in [-0.2, 0) is 16.6 Å². The van der Waals surface area contributed by atoms with Crippen LogP contribution in [0.15, 0.2) is 11.1 Å². The van der Waals surface area contributed by atoms with Crippen molar-refractivity contribution in [3.05, 3.63) is 6.20 Å². The SMILES string of the molecule is CCN(CCC#N)S(=O)(=O)c1cn(CC)nc1N. The number of nitrogens with two attached hydrogens (primary N) is 1. The van der Waals surface area contributed by atoms with E-state index in [9.17, 15) is 8.42 Å². The summed E-state index contributed by atoms with van der Waals surface area (Å²) in [6.45, 7) is 4.56. The van der Waals surface area contributed by atoms with Gasteiger partial charge < -0.3 is 5.73 Å². The molecule has 18 heavy (non-hydrogen) atoms. The number of rotatable bonds is 6. The number of aromatic nitrogens is 2. The molecular weight excluding hydrogens is 254 g/mol. The Morgan fingerprint density at radius 3 is 2.67 bits per heavy atom. The molecule has 0 aromatic carbocycles. The molecule has 1 rings (SSSR count). The van der Waals surface area contributed by atoms with Crippen LogP contribution in [-0.4, -0.2) is 35.6 Å². The quantitative estimate of drug-likeness (QED) is 0.806. The summed E-state index contributed by atoms with van der Waals surface area (Å²) in [7, 11) is -3.67. The van der Waals surface area contributed by atoms with Gasteiger partial charge in [0.25, 0.3) is 0 Å². The van der Waals surface area contributed by atoms with Gasteiger partial charge in [0.05, 0.1) is 6.07 Å². The fourth-order valence-corrected chi connectivity index (χ4v) is 3.05. The molecule has 0 aliphatic heterocycles. The minimum absolute atomic E-state index is 0.00383. The predicted octanol–water partition coefficient (Wildman–Crippen LogP) is 0.409. The molecule has 7 nitrogen and oxygen atoms in total. The van der Waals surface area contributed by atoms with E-state index in [2.05, 4.69) is 5.10 Å². The Labute approximate surface area is 107 Å². The van der Waals surface area contributed by atoms with Crippen LogP contribution < -0.4 is 5.73 Å². The molecule has 1 aromatic rings. The van der Waals surface area contributed by atoms with Crippen molar-refractivity contribution in [2.75, 3.05) is 18.8 Å². The highest BCUT2D eigenvalue weighted by Crippen LogP contribution is 2.21. The van der Waals surface area contributed by atoms with Gasteiger partial charge in [0.15, 0.2) is 5.82 Å². The Morgan fingerprint density at radius 1 is 1.56 bits per heavy atom. The molecule has 0 unspecified atom stereocenters. The first-order valence-corrected chi connectivity index (χ1v) is 7.11. The predicted molar refractivity (Wildman–Crippen MR) is 67.0 cm³/mol. The van der Waals surface area contributed by atoms with E-state index in [-0.39, 0.29) is 23.7 Å². The van der Waals surface area contributed by atoms with Crippen LogP contribution in [0.5, 0.6) is 0 Å². The molecule has 1 heterocycles. The van der Waals surface area contributed by atoms with E-state index in [1.165, 1.54) is 15.2 Å². The van der Waals surface area contributed by atoms with E-state index in [1.807, 2.05) is 13.0 Å². The summed E-state index contributed by atoms with van der Waals surface area (Å²) in [5.74, 6) is -0.00717. The summed E-state index contributed by atoms with van der Waals surface area (Å²) < 4.78 is 27.3. The van der Waals surface area contributed by atoms with E-state index in [0.717, 1.165) is 0 Å². The average molecular weight is 271 g/mol. The Kier molecular flexibility index (Phi) is 4.69. The van der Waals surface area contributed by atoms with Gasteiger partial charge in [-0.2, -0.15) is 14.7 Å². The second kappa shape index (κ2) is 5.84. The maximum Gasteiger partial charge on any atom is 0.248 e. The molecule has 1 aromatic heterocycles. The number of anilines is 1. The number of sulfonamides is 1. The third kappa shape index (κ3) is 2.80. The first-order chi connectivity index (χ1) is 8.47. The Morgan fingerprint density at radius 2 is 2.22 bits per heavy atom. The number of nitrogens with zero attached hydrogens (tertiary/aromatic N) is 4. The molecule has 0 saturated heterocycles. The Hall–Kier alpha value is -1.59. The summed E-state index contributed by atoms with van der Waals surface area (Å²) >= 11 is 0. The van der Waals surface area contributed by atoms with Gasteiger partial charge in [0, 0.05) is 32.3 Å². The van der Waals surface area contributed by atoms with Gasteiger partial charge >= 0.3 is 0 Å². The van der Waals surface area contributed by atoms with Crippen LogP contribution in [0.25, 0.3) is 0 Å². The van der Waals surface area contributed by atoms with Gasteiger partial charge in [-0.3, -0.25) is 4.68 Å². The lowest BCUT2D eigenvalue weighted by molar-refractivity contribution is 0.435. The summed E-state index contributed by atoms with van der Waals surface area (Å²) in [6.07, 6.45) is 1.56. The van der Waals surface area contributed by atoms with Gasteiger partial charge in [-0.1, -0.05) is 6.92 Å². The molecule has 0 bridgehead atoms. The highest BCUT2D eigenvalue weighted by atomic mass is 32.2. The molecule has 0 saturated carbocycles. The Bertz CT molecular complexity index is 543. The van der Waals surface area contributed by atoms with Gasteiger partial charge in [-0.05, 0) is 6.92 Å². The zero-order valence-electron chi connectivity index (χ0n) is 10.5. The molecule has 0 aliphatic rings. The van der Waals surface area contributed by atoms with Crippen molar-refractivity contribution in [3.8, 4) is 6.07 Å². The van der Waals surface area contributed by atoms with E-state index in [0.29, 0.717) is 13.1 Å². The number of hydrogen-bond acceptors (Lipinski definition) is 5. The zero-order chi connectivity index (χ0) is 13.8. The molecule has 100 valence electrons. The molecule has 8 heteroatoms. The lowest BCUT2D eigenvalue weighted by Crippen LogP contribution is -2.32. The minimum Gasteiger partial charge on any atom is -0.381 e. The summed E-state index contributed by atoms with van der Waals surface area (Å²) in [5, 5.41) is 12.4. The van der Waals surface area contributed by atoms with E-state index in [4.69, 9.17) is 11.0 Å². The molecule has 0 amide bonds. The van der Waals surface area contributed by atoms with Gasteiger partial charge in [-0.25, -0.2) is 8.42 Å². The largest absolute Gasteiger partial charge is 0.381 e. The second-order valence-corrected chi connectivity index (χ2v) is 5.55. The number of nitriles is 1. The van der Waals surface area contributed by atoms with E-state index >= 15 is 0 Å². The third-order valence-electron chi connectivity index (χ3n) is 2.52. The van der Waals surface area contributed by atoms with Gasteiger partial charge in [0.2, 0.25) is 10.0 Å². The smallest absolute Gasteiger partial charge is 0.248 e. The van der Waals surface area contributed by atoms with Crippen molar-refractivity contribution in [1.29, 1.82) is 5.26 Å². The van der Waals surface area contributed by atoms with Crippen LogP contribution in [0.1, 0.15) is 20.3 Å². The monoisotopic (exact) mass is 271 g/mol. The zero-order valence-corrected chi connectivity index (χ0v) is 11.3. The number of hydrogen-bond donors (Lipinski definition) is 1. The Balaban J connectivity index is 3.11. The van der Waals surface area contributed by atoms with Crippen molar-refractivity contribution in [1.82, 2.24) is 14.1 Å². The molecule has 2 N–H and O–H groups in total. The molecule has 0 fully saturated rings. The average Bonchev–Trinajstić information content (AvgIpc) is 2.72. The standard InChI is InChI=1S/C10H17N5O2S/c1-3-14-8-9(10(12)13-14)18(16,17)15(4-2)7-5-6-11/h8H,3-5,7H2,1-2H3,(H2,12,13). The summed E-state index contributed by atoms with van der Waals surface area (Å²) in [5.41, 5.74) is 5.62. The summed E-state index contributed by atoms with van der Waals surface area (Å²) in [4.78, 5) is 0.00383. The van der Waals surface area contributed by atoms with Crippen LogP contribution in [0.3, 0.4) is 0 Å². The number of nitrogen functional groups attached to an aromatic ring is 1. The van der Waals surface area contributed by atoms with Crippen molar-refractivity contribution in [2.45, 2.75) is 31.7 Å². The first-order valence-electron chi connectivity index (χ1n) is 5.67. The molecular formula is C10H17N5O2S. The fraction of sp³-hybridized carbons (Fsp3) is 0.600.